The number of rotatable bonds is 2. The molecule has 1 aromatic rings. The van der Waals surface area contributed by atoms with Crippen LogP contribution in [-0.2, 0) is 17.7 Å². The maximum atomic E-state index is 5.56. The minimum Gasteiger partial charge on any atom is -0.379 e. The third-order valence-electron chi connectivity index (χ3n) is 3.92. The standard InChI is InChI=1S/C12H20N4O/c1-13-10-8-17-7-9(10)12-15-14-11-5-3-2-4-6-16(11)12/h9-10,13H,2-8H2,1H3. The zero-order valence-corrected chi connectivity index (χ0v) is 10.4. The van der Waals surface area contributed by atoms with Gasteiger partial charge in [-0.25, -0.2) is 0 Å². The monoisotopic (exact) mass is 236 g/mol. The van der Waals surface area contributed by atoms with Crippen LogP contribution in [0.3, 0.4) is 0 Å². The second kappa shape index (κ2) is 4.74. The highest BCUT2D eigenvalue weighted by Gasteiger charge is 2.33. The molecule has 2 unspecified atom stereocenters. The third kappa shape index (κ3) is 1.98. The second-order valence-electron chi connectivity index (χ2n) is 4.98. The number of fused-ring (bicyclic) bond motifs is 1. The highest BCUT2D eigenvalue weighted by atomic mass is 16.5. The highest BCUT2D eigenvalue weighted by molar-refractivity contribution is 5.09. The first-order chi connectivity index (χ1) is 8.40. The van der Waals surface area contributed by atoms with Crippen molar-refractivity contribution in [1.29, 1.82) is 0 Å². The van der Waals surface area contributed by atoms with Crippen LogP contribution in [0.15, 0.2) is 0 Å². The van der Waals surface area contributed by atoms with Crippen LogP contribution >= 0.6 is 0 Å². The van der Waals surface area contributed by atoms with E-state index in [9.17, 15) is 0 Å². The molecule has 17 heavy (non-hydrogen) atoms. The van der Waals surface area contributed by atoms with Gasteiger partial charge in [0.2, 0.25) is 0 Å². The molecule has 2 aliphatic rings. The van der Waals surface area contributed by atoms with E-state index in [1.54, 1.807) is 0 Å². The van der Waals surface area contributed by atoms with Gasteiger partial charge in [0.05, 0.1) is 19.1 Å². The van der Waals surface area contributed by atoms with Crippen molar-refractivity contribution < 1.29 is 4.74 Å². The summed E-state index contributed by atoms with van der Waals surface area (Å²) in [5, 5.41) is 12.1. The molecule has 5 heteroatoms. The molecule has 0 bridgehead atoms. The van der Waals surface area contributed by atoms with Crippen molar-refractivity contribution in [2.24, 2.45) is 0 Å². The van der Waals surface area contributed by atoms with Gasteiger partial charge in [-0.15, -0.1) is 10.2 Å². The molecule has 2 atom stereocenters. The topological polar surface area (TPSA) is 52.0 Å². The second-order valence-corrected chi connectivity index (χ2v) is 4.98. The smallest absolute Gasteiger partial charge is 0.140 e. The number of hydrogen-bond acceptors (Lipinski definition) is 4. The molecular weight excluding hydrogens is 216 g/mol. The highest BCUT2D eigenvalue weighted by Crippen LogP contribution is 2.26. The van der Waals surface area contributed by atoms with Crippen LogP contribution < -0.4 is 5.32 Å². The molecule has 5 nitrogen and oxygen atoms in total. The number of ether oxygens (including phenoxy) is 1. The van der Waals surface area contributed by atoms with E-state index in [0.29, 0.717) is 12.0 Å². The lowest BCUT2D eigenvalue weighted by Crippen LogP contribution is -2.32. The Bertz CT molecular complexity index is 390. The average Bonchev–Trinajstić information content (AvgIpc) is 2.89. The molecule has 2 aliphatic heterocycles. The molecule has 94 valence electrons. The van der Waals surface area contributed by atoms with Crippen molar-refractivity contribution in [2.75, 3.05) is 20.3 Å². The Kier molecular flexibility index (Phi) is 3.11. The number of likely N-dealkylation sites (N-methyl/N-ethyl adjacent to an activating group) is 1. The van der Waals surface area contributed by atoms with E-state index in [0.717, 1.165) is 32.0 Å². The van der Waals surface area contributed by atoms with E-state index < -0.39 is 0 Å². The normalized spacial score (nSPS) is 29.0. The summed E-state index contributed by atoms with van der Waals surface area (Å²) < 4.78 is 7.89. The maximum absolute atomic E-state index is 5.56. The molecule has 0 amide bonds. The first-order valence-corrected chi connectivity index (χ1v) is 6.57. The lowest BCUT2D eigenvalue weighted by molar-refractivity contribution is 0.187. The fourth-order valence-electron chi connectivity index (χ4n) is 2.88. The number of nitrogens with one attached hydrogen (secondary N) is 1. The fourth-order valence-corrected chi connectivity index (χ4v) is 2.88. The molecule has 0 aromatic carbocycles. The summed E-state index contributed by atoms with van der Waals surface area (Å²) in [4.78, 5) is 0. The van der Waals surface area contributed by atoms with Gasteiger partial charge >= 0.3 is 0 Å². The Balaban J connectivity index is 1.90. The Hall–Kier alpha value is -0.940. The molecule has 0 radical (unpaired) electrons. The van der Waals surface area contributed by atoms with Gasteiger partial charge in [-0.1, -0.05) is 6.42 Å². The molecule has 1 saturated heterocycles. The molecule has 0 spiro atoms. The summed E-state index contributed by atoms with van der Waals surface area (Å²) >= 11 is 0. The van der Waals surface area contributed by atoms with Crippen molar-refractivity contribution in [3.8, 4) is 0 Å². The maximum Gasteiger partial charge on any atom is 0.140 e. The summed E-state index contributed by atoms with van der Waals surface area (Å²) in [5.74, 6) is 2.65. The van der Waals surface area contributed by atoms with Crippen LogP contribution in [-0.4, -0.2) is 41.1 Å². The number of aryl methyl sites for hydroxylation is 1. The lowest BCUT2D eigenvalue weighted by atomic mass is 10.0. The quantitative estimate of drug-likeness (QED) is 0.821. The minimum atomic E-state index is 0.361. The molecule has 3 heterocycles. The van der Waals surface area contributed by atoms with Gasteiger partial charge in [0, 0.05) is 19.0 Å². The molecule has 1 aromatic heterocycles. The number of aromatic nitrogens is 3. The first kappa shape index (κ1) is 11.2. The van der Waals surface area contributed by atoms with Crippen molar-refractivity contribution >= 4 is 0 Å². The van der Waals surface area contributed by atoms with E-state index in [4.69, 9.17) is 4.74 Å². The van der Waals surface area contributed by atoms with Crippen LogP contribution in [0.2, 0.25) is 0 Å². The van der Waals surface area contributed by atoms with Gasteiger partial charge < -0.3 is 14.6 Å². The van der Waals surface area contributed by atoms with Gasteiger partial charge in [-0.3, -0.25) is 0 Å². The Morgan fingerprint density at radius 1 is 1.24 bits per heavy atom. The number of hydrogen-bond donors (Lipinski definition) is 1. The predicted molar refractivity (Wildman–Crippen MR) is 64.0 cm³/mol. The predicted octanol–water partition coefficient (Wildman–Crippen LogP) is 0.706. The van der Waals surface area contributed by atoms with Gasteiger partial charge in [0.25, 0.3) is 0 Å². The van der Waals surface area contributed by atoms with Crippen molar-refractivity contribution in [3.05, 3.63) is 11.6 Å². The number of nitrogens with zero attached hydrogens (tertiary/aromatic N) is 3. The van der Waals surface area contributed by atoms with E-state index in [-0.39, 0.29) is 0 Å². The first-order valence-electron chi connectivity index (χ1n) is 6.57. The Morgan fingerprint density at radius 2 is 2.18 bits per heavy atom. The molecule has 3 rings (SSSR count). The van der Waals surface area contributed by atoms with E-state index in [1.165, 1.54) is 25.1 Å². The summed E-state index contributed by atoms with van der Waals surface area (Å²) in [5.41, 5.74) is 0. The molecule has 1 N–H and O–H groups in total. The largest absolute Gasteiger partial charge is 0.379 e. The van der Waals surface area contributed by atoms with Gasteiger partial charge in [-0.2, -0.15) is 0 Å². The van der Waals surface area contributed by atoms with Crippen LogP contribution in [0.1, 0.15) is 36.8 Å². The zero-order valence-electron chi connectivity index (χ0n) is 10.4. The third-order valence-corrected chi connectivity index (χ3v) is 3.92. The van der Waals surface area contributed by atoms with E-state index >= 15 is 0 Å². The van der Waals surface area contributed by atoms with Gasteiger partial charge in [-0.05, 0) is 19.9 Å². The summed E-state index contributed by atoms with van der Waals surface area (Å²) in [6, 6.07) is 0.381. The van der Waals surface area contributed by atoms with Crippen molar-refractivity contribution in [2.45, 2.75) is 44.2 Å². The van der Waals surface area contributed by atoms with Crippen LogP contribution in [0.25, 0.3) is 0 Å². The molecule has 1 fully saturated rings. The lowest BCUT2D eigenvalue weighted by Gasteiger charge is -2.17. The Morgan fingerprint density at radius 3 is 3.06 bits per heavy atom. The van der Waals surface area contributed by atoms with E-state index in [2.05, 4.69) is 20.1 Å². The van der Waals surface area contributed by atoms with Crippen LogP contribution in [0, 0.1) is 0 Å². The summed E-state index contributed by atoms with van der Waals surface area (Å²) in [6.45, 7) is 2.62. The van der Waals surface area contributed by atoms with Crippen LogP contribution in [0.4, 0.5) is 0 Å². The Labute approximate surface area is 102 Å². The molecular formula is C12H20N4O. The minimum absolute atomic E-state index is 0.361. The van der Waals surface area contributed by atoms with Crippen LogP contribution in [0.5, 0.6) is 0 Å². The van der Waals surface area contributed by atoms with Crippen molar-refractivity contribution in [1.82, 2.24) is 20.1 Å². The average molecular weight is 236 g/mol. The zero-order chi connectivity index (χ0) is 11.7. The van der Waals surface area contributed by atoms with Gasteiger partial charge in [0.1, 0.15) is 11.6 Å². The fraction of sp³-hybridized carbons (Fsp3) is 0.833. The molecule has 0 saturated carbocycles. The summed E-state index contributed by atoms with van der Waals surface area (Å²) in [7, 11) is 1.99. The molecule has 0 aliphatic carbocycles. The summed E-state index contributed by atoms with van der Waals surface area (Å²) in [6.07, 6.45) is 4.87. The van der Waals surface area contributed by atoms with E-state index in [1.807, 2.05) is 7.05 Å². The SMILES string of the molecule is CNC1COCC1c1nnc2n1CCCCC2. The van der Waals surface area contributed by atoms with Gasteiger partial charge in [0.15, 0.2) is 0 Å². The van der Waals surface area contributed by atoms with Crippen molar-refractivity contribution in [3.63, 3.8) is 0 Å².